The van der Waals surface area contributed by atoms with Gasteiger partial charge in [0.15, 0.2) is 0 Å². The second kappa shape index (κ2) is 7.49. The van der Waals surface area contributed by atoms with Gasteiger partial charge in [0, 0.05) is 0 Å². The molecule has 0 atom stereocenters. The third-order valence-electron chi connectivity index (χ3n) is 3.70. The first kappa shape index (κ1) is 17.8. The zero-order valence-corrected chi connectivity index (χ0v) is 15.1. The van der Waals surface area contributed by atoms with E-state index < -0.39 is 5.97 Å². The number of benzene rings is 1. The van der Waals surface area contributed by atoms with E-state index in [9.17, 15) is 14.4 Å². The fourth-order valence-electron chi connectivity index (χ4n) is 2.54. The average molecular weight is 371 g/mol. The molecule has 0 aliphatic heterocycles. The quantitative estimate of drug-likeness (QED) is 0.696. The summed E-state index contributed by atoms with van der Waals surface area (Å²) in [5.41, 5.74) is 1.60. The maximum atomic E-state index is 12.4. The standard InChI is InChI=1S/C18H17N3O4S/c1-3-25-18(24)17-11(2)8-15(26-17)20-14(22)10-21-13-7-5-4-6-12(13)19-9-16(21)23/h4-9H,3,10H2,1-2H3,(H,20,22). The molecule has 0 spiro atoms. The van der Waals surface area contributed by atoms with Gasteiger partial charge in [0.2, 0.25) is 5.91 Å². The Morgan fingerprint density at radius 1 is 1.31 bits per heavy atom. The minimum Gasteiger partial charge on any atom is -0.462 e. The van der Waals surface area contributed by atoms with Crippen LogP contribution in [-0.2, 0) is 16.1 Å². The van der Waals surface area contributed by atoms with Gasteiger partial charge in [0.05, 0.1) is 28.8 Å². The zero-order valence-electron chi connectivity index (χ0n) is 14.3. The van der Waals surface area contributed by atoms with E-state index in [0.29, 0.717) is 20.9 Å². The molecule has 3 rings (SSSR count). The lowest BCUT2D eigenvalue weighted by molar-refractivity contribution is -0.116. The maximum absolute atomic E-state index is 12.4. The van der Waals surface area contributed by atoms with Crippen LogP contribution in [0.5, 0.6) is 0 Å². The molecule has 2 heterocycles. The molecule has 26 heavy (non-hydrogen) atoms. The molecule has 2 aromatic heterocycles. The van der Waals surface area contributed by atoms with Crippen molar-refractivity contribution in [2.24, 2.45) is 0 Å². The van der Waals surface area contributed by atoms with Gasteiger partial charge < -0.3 is 10.1 Å². The maximum Gasteiger partial charge on any atom is 0.348 e. The first-order chi connectivity index (χ1) is 12.5. The van der Waals surface area contributed by atoms with E-state index in [2.05, 4.69) is 10.3 Å². The number of anilines is 1. The number of carbonyl (C=O) groups excluding carboxylic acids is 2. The number of para-hydroxylation sites is 2. The molecule has 0 unspecified atom stereocenters. The number of aromatic nitrogens is 2. The van der Waals surface area contributed by atoms with E-state index in [-0.39, 0.29) is 24.6 Å². The molecular weight excluding hydrogens is 354 g/mol. The summed E-state index contributed by atoms with van der Waals surface area (Å²) in [5, 5.41) is 3.26. The Balaban J connectivity index is 1.80. The summed E-state index contributed by atoms with van der Waals surface area (Å²) in [5.74, 6) is -0.771. The van der Waals surface area contributed by atoms with Gasteiger partial charge in [0.1, 0.15) is 11.4 Å². The van der Waals surface area contributed by atoms with Crippen molar-refractivity contribution >= 4 is 39.2 Å². The molecule has 0 saturated carbocycles. The molecule has 0 saturated heterocycles. The van der Waals surface area contributed by atoms with Gasteiger partial charge in [-0.05, 0) is 37.6 Å². The van der Waals surface area contributed by atoms with Gasteiger partial charge in [-0.25, -0.2) is 9.78 Å². The minimum absolute atomic E-state index is 0.145. The number of nitrogens with one attached hydrogen (secondary N) is 1. The van der Waals surface area contributed by atoms with Crippen molar-refractivity contribution in [2.75, 3.05) is 11.9 Å². The molecule has 0 radical (unpaired) electrons. The molecule has 0 fully saturated rings. The summed E-state index contributed by atoms with van der Waals surface area (Å²) < 4.78 is 6.36. The number of fused-ring (bicyclic) bond motifs is 1. The Kier molecular flexibility index (Phi) is 5.13. The van der Waals surface area contributed by atoms with Crippen LogP contribution in [0.25, 0.3) is 11.0 Å². The third-order valence-corrected chi connectivity index (χ3v) is 4.83. The van der Waals surface area contributed by atoms with Crippen LogP contribution in [0.3, 0.4) is 0 Å². The number of thiophene rings is 1. The lowest BCUT2D eigenvalue weighted by Crippen LogP contribution is -2.27. The number of ether oxygens (including phenoxy) is 1. The smallest absolute Gasteiger partial charge is 0.348 e. The largest absolute Gasteiger partial charge is 0.462 e. The molecule has 7 nitrogen and oxygen atoms in total. The first-order valence-corrected chi connectivity index (χ1v) is 8.83. The molecular formula is C18H17N3O4S. The summed E-state index contributed by atoms with van der Waals surface area (Å²) >= 11 is 1.15. The van der Waals surface area contributed by atoms with Gasteiger partial charge in [0.25, 0.3) is 5.56 Å². The SMILES string of the molecule is CCOC(=O)c1sc(NC(=O)Cn2c(=O)cnc3ccccc32)cc1C. The van der Waals surface area contributed by atoms with Crippen molar-refractivity contribution < 1.29 is 14.3 Å². The topological polar surface area (TPSA) is 90.3 Å². The highest BCUT2D eigenvalue weighted by Crippen LogP contribution is 2.27. The Bertz CT molecular complexity index is 1040. The van der Waals surface area contributed by atoms with Crippen LogP contribution in [0, 0.1) is 6.92 Å². The van der Waals surface area contributed by atoms with Crippen molar-refractivity contribution in [3.8, 4) is 0 Å². The number of carbonyl (C=O) groups is 2. The number of hydrogen-bond acceptors (Lipinski definition) is 6. The lowest BCUT2D eigenvalue weighted by atomic mass is 10.3. The molecule has 0 bridgehead atoms. The van der Waals surface area contributed by atoms with E-state index in [4.69, 9.17) is 4.74 Å². The molecule has 0 aliphatic carbocycles. The second-order valence-electron chi connectivity index (χ2n) is 5.56. The fraction of sp³-hybridized carbons (Fsp3) is 0.222. The second-order valence-corrected chi connectivity index (χ2v) is 6.61. The average Bonchev–Trinajstić information content (AvgIpc) is 2.98. The number of esters is 1. The summed E-state index contributed by atoms with van der Waals surface area (Å²) in [6.45, 7) is 3.66. The van der Waals surface area contributed by atoms with Crippen molar-refractivity contribution in [1.82, 2.24) is 9.55 Å². The zero-order chi connectivity index (χ0) is 18.7. The van der Waals surface area contributed by atoms with Crippen LogP contribution in [-0.4, -0.2) is 28.0 Å². The van der Waals surface area contributed by atoms with E-state index in [1.807, 2.05) is 6.07 Å². The van der Waals surface area contributed by atoms with E-state index in [0.717, 1.165) is 16.9 Å². The number of rotatable bonds is 5. The fourth-order valence-corrected chi connectivity index (χ4v) is 3.52. The predicted molar refractivity (Wildman–Crippen MR) is 99.6 cm³/mol. The van der Waals surface area contributed by atoms with Gasteiger partial charge in [-0.3, -0.25) is 14.2 Å². The minimum atomic E-state index is -0.410. The number of amides is 1. The monoisotopic (exact) mass is 371 g/mol. The van der Waals surface area contributed by atoms with Crippen LogP contribution in [0.15, 0.2) is 41.3 Å². The number of hydrogen-bond donors (Lipinski definition) is 1. The first-order valence-electron chi connectivity index (χ1n) is 8.01. The molecule has 1 N–H and O–H groups in total. The van der Waals surface area contributed by atoms with Crippen molar-refractivity contribution in [2.45, 2.75) is 20.4 Å². The van der Waals surface area contributed by atoms with Crippen molar-refractivity contribution in [3.63, 3.8) is 0 Å². The molecule has 0 aliphatic rings. The van der Waals surface area contributed by atoms with Crippen molar-refractivity contribution in [3.05, 3.63) is 57.3 Å². The van der Waals surface area contributed by atoms with Gasteiger partial charge in [-0.1, -0.05) is 12.1 Å². The van der Waals surface area contributed by atoms with Gasteiger partial charge >= 0.3 is 5.97 Å². The Labute approximate surface area is 153 Å². The van der Waals surface area contributed by atoms with E-state index >= 15 is 0 Å². The van der Waals surface area contributed by atoms with E-state index in [1.54, 1.807) is 38.1 Å². The van der Waals surface area contributed by atoms with E-state index in [1.165, 1.54) is 10.8 Å². The van der Waals surface area contributed by atoms with Gasteiger partial charge in [-0.2, -0.15) is 0 Å². The van der Waals surface area contributed by atoms with Crippen LogP contribution in [0.2, 0.25) is 0 Å². The summed E-state index contributed by atoms with van der Waals surface area (Å²) in [6.07, 6.45) is 1.20. The molecule has 8 heteroatoms. The normalized spacial score (nSPS) is 10.7. The molecule has 1 amide bonds. The highest BCUT2D eigenvalue weighted by Gasteiger charge is 2.16. The molecule has 3 aromatic rings. The Morgan fingerprint density at radius 3 is 2.85 bits per heavy atom. The number of nitrogens with zero attached hydrogens (tertiary/aromatic N) is 2. The highest BCUT2D eigenvalue weighted by molar-refractivity contribution is 7.18. The Morgan fingerprint density at radius 2 is 2.08 bits per heavy atom. The molecule has 134 valence electrons. The number of aryl methyl sites for hydroxylation is 1. The van der Waals surface area contributed by atoms with Crippen LogP contribution < -0.4 is 10.9 Å². The van der Waals surface area contributed by atoms with Crippen LogP contribution in [0.4, 0.5) is 5.00 Å². The Hall–Kier alpha value is -3.00. The molecule has 1 aromatic carbocycles. The summed E-state index contributed by atoms with van der Waals surface area (Å²) in [7, 11) is 0. The van der Waals surface area contributed by atoms with Crippen LogP contribution in [0.1, 0.15) is 22.2 Å². The van der Waals surface area contributed by atoms with Gasteiger partial charge in [-0.15, -0.1) is 11.3 Å². The predicted octanol–water partition coefficient (Wildman–Crippen LogP) is 2.58. The van der Waals surface area contributed by atoms with Crippen LogP contribution >= 0.6 is 11.3 Å². The third kappa shape index (κ3) is 3.65. The summed E-state index contributed by atoms with van der Waals surface area (Å²) in [4.78, 5) is 40.9. The lowest BCUT2D eigenvalue weighted by Gasteiger charge is -2.09. The summed E-state index contributed by atoms with van der Waals surface area (Å²) in [6, 6.07) is 8.83. The highest BCUT2D eigenvalue weighted by atomic mass is 32.1. The van der Waals surface area contributed by atoms with Crippen molar-refractivity contribution in [1.29, 1.82) is 0 Å².